The molecular formula is C17H27O23S4-3. The largest absolute Gasteiger partial charge is 0.726 e. The minimum absolute atomic E-state index is 0.181. The molecule has 2 saturated heterocycles. The molecule has 0 aromatic rings. The first-order valence-corrected chi connectivity index (χ1v) is 16.2. The molecular weight excluding hydrogens is 700 g/mol. The smallest absolute Gasteiger partial charge is 0.338 e. The van der Waals surface area contributed by atoms with Crippen LogP contribution in [-0.4, -0.2) is 135 Å². The molecule has 0 aromatic carbocycles. The summed E-state index contributed by atoms with van der Waals surface area (Å²) in [7, 11) is -12.9. The molecule has 0 radical (unpaired) electrons. The molecule has 0 spiro atoms. The normalized spacial score (nSPS) is 33.6. The van der Waals surface area contributed by atoms with E-state index in [0.29, 0.717) is 0 Å². The average Bonchev–Trinajstić information content (AvgIpc) is 2.91. The zero-order valence-corrected chi connectivity index (χ0v) is 26.3. The number of hydrogen-bond acceptors (Lipinski definition) is 24. The second-order valence-corrected chi connectivity index (χ2v) is 12.0. The molecule has 0 amide bonds. The molecule has 2 fully saturated rings. The maximum atomic E-state index is 12.6. The number of hydrogen-bond donors (Lipinski definition) is 0. The Morgan fingerprint density at radius 3 is 1.89 bits per heavy atom. The molecule has 10 atom stereocenters. The molecule has 0 bridgehead atoms. The molecule has 27 heteroatoms. The molecule has 0 saturated carbocycles. The number of carbonyl (C=O) groups excluding carboxylic acids is 1. The third-order valence-electron chi connectivity index (χ3n) is 5.78. The Morgan fingerprint density at radius 1 is 0.773 bits per heavy atom. The second-order valence-electron chi connectivity index (χ2n) is 8.45. The summed E-state index contributed by atoms with van der Waals surface area (Å²) < 4.78 is 157. The van der Waals surface area contributed by atoms with Crippen LogP contribution in [0.4, 0.5) is 0 Å². The molecule has 0 aliphatic carbocycles. The van der Waals surface area contributed by atoms with Crippen LogP contribution < -0.4 is 0 Å². The van der Waals surface area contributed by atoms with Gasteiger partial charge in [0.25, 0.3) is 0 Å². The lowest BCUT2D eigenvalue weighted by atomic mass is 9.91. The molecule has 2 aliphatic rings. The van der Waals surface area contributed by atoms with Crippen LogP contribution in [0.1, 0.15) is 6.92 Å². The van der Waals surface area contributed by atoms with E-state index in [4.69, 9.17) is 32.6 Å². The van der Waals surface area contributed by atoms with Gasteiger partial charge in [-0.1, -0.05) is 12.0 Å². The van der Waals surface area contributed by atoms with Crippen LogP contribution in [0, 0.1) is 5.92 Å². The van der Waals surface area contributed by atoms with E-state index >= 15 is 0 Å². The summed E-state index contributed by atoms with van der Waals surface area (Å²) in [5, 5.41) is 4.19. The summed E-state index contributed by atoms with van der Waals surface area (Å²) in [6.07, 6.45) is -17.1. The number of methoxy groups -OCH3 is 3. The SMILES string of the molecule is COOOSO[C@H]1C(C(=O)OC)O[C@@H](O[C@H]2C(OS(=O)(=O)[O-])C(OS(=O)(=O)[O-])[C@@H](OC)O[C@@H]2COS(=O)(=O)[O-])C(C)[C@H]1OC. The Bertz CT molecular complexity index is 1240. The van der Waals surface area contributed by atoms with Crippen molar-refractivity contribution < 1.29 is 103 Å². The van der Waals surface area contributed by atoms with Gasteiger partial charge in [-0.05, 0) is 0 Å². The summed E-state index contributed by atoms with van der Waals surface area (Å²) in [6.45, 7) is 0.103. The van der Waals surface area contributed by atoms with Crippen molar-refractivity contribution in [3.8, 4) is 0 Å². The average molecular weight is 728 g/mol. The van der Waals surface area contributed by atoms with Crippen molar-refractivity contribution in [1.29, 1.82) is 0 Å². The van der Waals surface area contributed by atoms with E-state index in [9.17, 15) is 43.7 Å². The van der Waals surface area contributed by atoms with Crippen molar-refractivity contribution in [3.63, 3.8) is 0 Å². The monoisotopic (exact) mass is 727 g/mol. The van der Waals surface area contributed by atoms with Crippen LogP contribution in [-0.2, 0) is 95.4 Å². The van der Waals surface area contributed by atoms with Crippen LogP contribution in [0.5, 0.6) is 0 Å². The van der Waals surface area contributed by atoms with Crippen LogP contribution in [0.3, 0.4) is 0 Å². The van der Waals surface area contributed by atoms with E-state index in [2.05, 4.69) is 26.8 Å². The van der Waals surface area contributed by atoms with Gasteiger partial charge in [0.1, 0.15) is 24.4 Å². The van der Waals surface area contributed by atoms with E-state index < -0.39 is 105 Å². The van der Waals surface area contributed by atoms with Crippen molar-refractivity contribution in [2.45, 2.75) is 62.2 Å². The molecule has 44 heavy (non-hydrogen) atoms. The number of carbonyl (C=O) groups is 1. The van der Waals surface area contributed by atoms with Gasteiger partial charge in [-0.15, -0.1) is 4.33 Å². The highest BCUT2D eigenvalue weighted by Gasteiger charge is 2.55. The first-order chi connectivity index (χ1) is 20.4. The fourth-order valence-corrected chi connectivity index (χ4v) is 5.82. The summed E-state index contributed by atoms with van der Waals surface area (Å²) in [6, 6.07) is 0. The van der Waals surface area contributed by atoms with Gasteiger partial charge < -0.3 is 42.1 Å². The maximum absolute atomic E-state index is 12.6. The van der Waals surface area contributed by atoms with E-state index in [1.54, 1.807) is 0 Å². The Kier molecular flexibility index (Phi) is 15.0. The van der Waals surface area contributed by atoms with Crippen molar-refractivity contribution in [1.82, 2.24) is 0 Å². The molecule has 0 aromatic heterocycles. The second kappa shape index (κ2) is 16.8. The van der Waals surface area contributed by atoms with Gasteiger partial charge in [-0.3, -0.25) is 16.7 Å². The number of rotatable bonds is 17. The fraction of sp³-hybridized carbons (Fsp3) is 0.941. The Hall–Kier alpha value is -0.930. The number of ether oxygens (including phenoxy) is 6. The van der Waals surface area contributed by atoms with Crippen LogP contribution in [0.2, 0.25) is 0 Å². The summed E-state index contributed by atoms with van der Waals surface area (Å²) >= 11 is 0.181. The fourth-order valence-electron chi connectivity index (χ4n) is 4.14. The molecule has 260 valence electrons. The highest BCUT2D eigenvalue weighted by atomic mass is 32.3. The Balaban J connectivity index is 2.58. The quantitative estimate of drug-likeness (QED) is 0.0273. The van der Waals surface area contributed by atoms with Crippen molar-refractivity contribution in [3.05, 3.63) is 0 Å². The summed E-state index contributed by atoms with van der Waals surface area (Å²) in [5.41, 5.74) is 0. The van der Waals surface area contributed by atoms with E-state index in [0.717, 1.165) is 21.3 Å². The zero-order valence-electron chi connectivity index (χ0n) is 23.0. The third-order valence-corrected chi connectivity index (χ3v) is 7.53. The minimum Gasteiger partial charge on any atom is -0.726 e. The van der Waals surface area contributed by atoms with Crippen molar-refractivity contribution in [2.75, 3.05) is 35.0 Å². The van der Waals surface area contributed by atoms with E-state index in [1.807, 2.05) is 0 Å². The van der Waals surface area contributed by atoms with E-state index in [-0.39, 0.29) is 12.3 Å². The van der Waals surface area contributed by atoms with Crippen LogP contribution >= 0.6 is 12.3 Å². The summed E-state index contributed by atoms with van der Waals surface area (Å²) in [5.74, 6) is -2.15. The van der Waals surface area contributed by atoms with Crippen LogP contribution in [0.25, 0.3) is 0 Å². The van der Waals surface area contributed by atoms with Crippen LogP contribution in [0.15, 0.2) is 0 Å². The first kappa shape index (κ1) is 39.2. The zero-order chi connectivity index (χ0) is 33.5. The highest BCUT2D eigenvalue weighted by Crippen LogP contribution is 2.37. The van der Waals surface area contributed by atoms with Gasteiger partial charge in [0.15, 0.2) is 37.1 Å². The van der Waals surface area contributed by atoms with Gasteiger partial charge in [-0.25, -0.2) is 34.9 Å². The molecule has 2 rings (SSSR count). The Labute approximate surface area is 255 Å². The lowest BCUT2D eigenvalue weighted by molar-refractivity contribution is -0.450. The summed E-state index contributed by atoms with van der Waals surface area (Å²) in [4.78, 5) is 16.8. The predicted octanol–water partition coefficient (Wildman–Crippen LogP) is -3.08. The third kappa shape index (κ3) is 11.7. The van der Waals surface area contributed by atoms with E-state index in [1.165, 1.54) is 14.0 Å². The van der Waals surface area contributed by atoms with Gasteiger partial charge >= 0.3 is 5.97 Å². The number of esters is 1. The maximum Gasteiger partial charge on any atom is 0.338 e. The Morgan fingerprint density at radius 2 is 1.39 bits per heavy atom. The van der Waals surface area contributed by atoms with Gasteiger partial charge in [-0.2, -0.15) is 0 Å². The molecule has 4 unspecified atom stereocenters. The molecule has 2 heterocycles. The lowest BCUT2D eigenvalue weighted by Gasteiger charge is -2.48. The van der Waals surface area contributed by atoms with Gasteiger partial charge in [0, 0.05) is 20.1 Å². The first-order valence-electron chi connectivity index (χ1n) is 11.5. The molecule has 23 nitrogen and oxygen atoms in total. The van der Waals surface area contributed by atoms with Gasteiger partial charge in [0.2, 0.25) is 31.2 Å². The lowest BCUT2D eigenvalue weighted by Crippen LogP contribution is -2.65. The standard InChI is InChI=1S/C17H30O23S4/c1-7-9(28-2)11(36-41-40-39-31-5)13(15(18)29-3)35-16(7)34-10-8(6-32-42(19,20)21)33-17(30-4)14(38-44(25,26)27)12(10)37-43(22,23)24/h7-14,16-17H,6H2,1-5H3,(H,19,20,21)(H,22,23,24)(H,25,26,27)/p-3/t7?,8-,9-,10-,11-,12?,13?,14?,16-,17+/m1/s1. The van der Waals surface area contributed by atoms with Crippen molar-refractivity contribution in [2.24, 2.45) is 5.92 Å². The molecule has 0 N–H and O–H groups in total. The predicted molar refractivity (Wildman–Crippen MR) is 128 cm³/mol. The molecule has 2 aliphatic heterocycles. The minimum atomic E-state index is -5.80. The highest BCUT2D eigenvalue weighted by molar-refractivity contribution is 7.89. The van der Waals surface area contributed by atoms with Gasteiger partial charge in [0.05, 0.1) is 26.9 Å². The van der Waals surface area contributed by atoms with Crippen molar-refractivity contribution >= 4 is 49.5 Å². The topological polar surface area (TPSA) is 309 Å².